The number of hydrogen-bond donors (Lipinski definition) is 2. The third kappa shape index (κ3) is 5.23. The summed E-state index contributed by atoms with van der Waals surface area (Å²) in [6, 6.07) is 13.6. The van der Waals surface area contributed by atoms with Crippen LogP contribution >= 0.6 is 0 Å². The SMILES string of the molecule is COc1ccc(/C=C/C(=O)c2ccc(O)cc2O)cc1COc1ccc(C)cc1[N+](=O)[O-]. The van der Waals surface area contributed by atoms with Gasteiger partial charge in [-0.2, -0.15) is 0 Å². The monoisotopic (exact) mass is 435 g/mol. The van der Waals surface area contributed by atoms with E-state index >= 15 is 0 Å². The maximum atomic E-state index is 12.4. The number of aromatic hydroxyl groups is 2. The third-order valence-electron chi connectivity index (χ3n) is 4.67. The van der Waals surface area contributed by atoms with Crippen LogP contribution in [-0.2, 0) is 6.61 Å². The minimum absolute atomic E-state index is 0.0153. The third-order valence-corrected chi connectivity index (χ3v) is 4.67. The highest BCUT2D eigenvalue weighted by Crippen LogP contribution is 2.30. The van der Waals surface area contributed by atoms with E-state index in [9.17, 15) is 25.1 Å². The topological polar surface area (TPSA) is 119 Å². The first-order chi connectivity index (χ1) is 15.3. The second kappa shape index (κ2) is 9.65. The van der Waals surface area contributed by atoms with Crippen molar-refractivity contribution in [2.45, 2.75) is 13.5 Å². The van der Waals surface area contributed by atoms with Gasteiger partial charge in [-0.1, -0.05) is 18.2 Å². The van der Waals surface area contributed by atoms with Crippen molar-refractivity contribution in [1.29, 1.82) is 0 Å². The van der Waals surface area contributed by atoms with Crippen molar-refractivity contribution in [2.24, 2.45) is 0 Å². The summed E-state index contributed by atoms with van der Waals surface area (Å²) in [6.45, 7) is 1.77. The van der Waals surface area contributed by atoms with Gasteiger partial charge >= 0.3 is 5.69 Å². The number of carbonyl (C=O) groups excluding carboxylic acids is 1. The van der Waals surface area contributed by atoms with Gasteiger partial charge < -0.3 is 19.7 Å². The molecule has 2 N–H and O–H groups in total. The number of methoxy groups -OCH3 is 1. The van der Waals surface area contributed by atoms with E-state index in [0.29, 0.717) is 16.9 Å². The molecule has 0 heterocycles. The normalized spacial score (nSPS) is 10.8. The zero-order chi connectivity index (χ0) is 23.3. The molecule has 0 unspecified atom stereocenters. The minimum Gasteiger partial charge on any atom is -0.508 e. The van der Waals surface area contributed by atoms with Gasteiger partial charge in [0.1, 0.15) is 23.9 Å². The fraction of sp³-hybridized carbons (Fsp3) is 0.125. The van der Waals surface area contributed by atoms with Crippen molar-refractivity contribution in [1.82, 2.24) is 0 Å². The highest BCUT2D eigenvalue weighted by atomic mass is 16.6. The van der Waals surface area contributed by atoms with E-state index in [1.54, 1.807) is 43.3 Å². The fourth-order valence-corrected chi connectivity index (χ4v) is 3.05. The average molecular weight is 435 g/mol. The summed E-state index contributed by atoms with van der Waals surface area (Å²) < 4.78 is 11.0. The summed E-state index contributed by atoms with van der Waals surface area (Å²) in [7, 11) is 1.50. The maximum Gasteiger partial charge on any atom is 0.311 e. The molecule has 32 heavy (non-hydrogen) atoms. The van der Waals surface area contributed by atoms with E-state index in [-0.39, 0.29) is 35.1 Å². The molecule has 164 valence electrons. The number of allylic oxidation sites excluding steroid dienone is 1. The zero-order valence-corrected chi connectivity index (χ0v) is 17.4. The molecular weight excluding hydrogens is 414 g/mol. The lowest BCUT2D eigenvalue weighted by Gasteiger charge is -2.12. The molecule has 0 aliphatic carbocycles. The predicted octanol–water partition coefficient (Wildman–Crippen LogP) is 4.80. The number of ketones is 1. The molecule has 0 aliphatic heterocycles. The van der Waals surface area contributed by atoms with Crippen molar-refractivity contribution in [3.8, 4) is 23.0 Å². The van der Waals surface area contributed by atoms with Crippen LogP contribution in [0.3, 0.4) is 0 Å². The number of aryl methyl sites for hydroxylation is 1. The molecule has 0 fully saturated rings. The molecule has 3 aromatic rings. The van der Waals surface area contributed by atoms with Crippen LogP contribution in [0.4, 0.5) is 5.69 Å². The first-order valence-electron chi connectivity index (χ1n) is 9.57. The summed E-state index contributed by atoms with van der Waals surface area (Å²) >= 11 is 0. The highest BCUT2D eigenvalue weighted by Gasteiger charge is 2.16. The highest BCUT2D eigenvalue weighted by molar-refractivity contribution is 6.08. The molecule has 0 saturated heterocycles. The standard InChI is InChI=1S/C24H21NO7/c1-15-3-9-24(20(11-15)25(29)30)32-14-17-12-16(5-10-23(17)31-2)4-8-21(27)19-7-6-18(26)13-22(19)28/h3-13,26,28H,14H2,1-2H3/b8-4+. The van der Waals surface area contributed by atoms with Gasteiger partial charge in [0.25, 0.3) is 0 Å². The Morgan fingerprint density at radius 1 is 1.06 bits per heavy atom. The van der Waals surface area contributed by atoms with Crippen molar-refractivity contribution in [2.75, 3.05) is 7.11 Å². The van der Waals surface area contributed by atoms with Crippen LogP contribution in [0.5, 0.6) is 23.0 Å². The van der Waals surface area contributed by atoms with E-state index in [2.05, 4.69) is 0 Å². The van der Waals surface area contributed by atoms with Crippen molar-refractivity contribution >= 4 is 17.5 Å². The molecule has 0 spiro atoms. The molecule has 0 aliphatic rings. The van der Waals surface area contributed by atoms with Gasteiger partial charge in [-0.05, 0) is 54.5 Å². The number of hydrogen-bond acceptors (Lipinski definition) is 7. The predicted molar refractivity (Wildman–Crippen MR) is 118 cm³/mol. The molecule has 0 atom stereocenters. The number of benzene rings is 3. The van der Waals surface area contributed by atoms with Crippen LogP contribution in [0.15, 0.2) is 60.7 Å². The van der Waals surface area contributed by atoms with Crippen LogP contribution in [0.2, 0.25) is 0 Å². The van der Waals surface area contributed by atoms with E-state index in [4.69, 9.17) is 9.47 Å². The number of phenolic OH excluding ortho intramolecular Hbond substituents is 2. The molecule has 0 radical (unpaired) electrons. The number of rotatable bonds is 8. The van der Waals surface area contributed by atoms with E-state index < -0.39 is 10.7 Å². The largest absolute Gasteiger partial charge is 0.508 e. The Morgan fingerprint density at radius 2 is 1.81 bits per heavy atom. The van der Waals surface area contributed by atoms with Crippen molar-refractivity contribution in [3.63, 3.8) is 0 Å². The first-order valence-corrected chi connectivity index (χ1v) is 9.57. The maximum absolute atomic E-state index is 12.4. The summed E-state index contributed by atoms with van der Waals surface area (Å²) in [6.07, 6.45) is 2.86. The number of nitrogens with zero attached hydrogens (tertiary/aromatic N) is 1. The molecule has 0 bridgehead atoms. The molecular formula is C24H21NO7. The lowest BCUT2D eigenvalue weighted by atomic mass is 10.1. The number of ether oxygens (including phenoxy) is 2. The summed E-state index contributed by atoms with van der Waals surface area (Å²) in [5.74, 6) is -0.229. The second-order valence-electron chi connectivity index (χ2n) is 6.99. The zero-order valence-electron chi connectivity index (χ0n) is 17.4. The van der Waals surface area contributed by atoms with Crippen LogP contribution in [0.25, 0.3) is 6.08 Å². The van der Waals surface area contributed by atoms with Crippen LogP contribution < -0.4 is 9.47 Å². The lowest BCUT2D eigenvalue weighted by Crippen LogP contribution is -2.02. The Bertz CT molecular complexity index is 1200. The van der Waals surface area contributed by atoms with Gasteiger partial charge in [-0.15, -0.1) is 0 Å². The van der Waals surface area contributed by atoms with Gasteiger partial charge in [0.15, 0.2) is 11.5 Å². The summed E-state index contributed by atoms with van der Waals surface area (Å²) in [4.78, 5) is 23.2. The van der Waals surface area contributed by atoms with Crippen LogP contribution in [-0.4, -0.2) is 28.0 Å². The Hall–Kier alpha value is -4.33. The molecule has 0 aromatic heterocycles. The number of carbonyl (C=O) groups is 1. The number of nitro benzene ring substituents is 1. The molecule has 3 rings (SSSR count). The van der Waals surface area contributed by atoms with Crippen LogP contribution in [0, 0.1) is 17.0 Å². The van der Waals surface area contributed by atoms with Crippen LogP contribution in [0.1, 0.15) is 27.0 Å². The Balaban J connectivity index is 1.81. The quantitative estimate of drug-likeness (QED) is 0.226. The van der Waals surface area contributed by atoms with Gasteiger partial charge in [-0.25, -0.2) is 0 Å². The van der Waals surface area contributed by atoms with Gasteiger partial charge in [-0.3, -0.25) is 14.9 Å². The number of nitro groups is 1. The Morgan fingerprint density at radius 3 is 2.50 bits per heavy atom. The van der Waals surface area contributed by atoms with Crippen molar-refractivity contribution < 1.29 is 29.4 Å². The molecule has 0 saturated carbocycles. The smallest absolute Gasteiger partial charge is 0.311 e. The van der Waals surface area contributed by atoms with Crippen molar-refractivity contribution in [3.05, 3.63) is 93.0 Å². The summed E-state index contributed by atoms with van der Waals surface area (Å²) in [5, 5.41) is 30.5. The number of phenols is 2. The van der Waals surface area contributed by atoms with E-state index in [1.807, 2.05) is 0 Å². The minimum atomic E-state index is -0.497. The first kappa shape index (κ1) is 22.4. The lowest BCUT2D eigenvalue weighted by molar-refractivity contribution is -0.386. The second-order valence-corrected chi connectivity index (χ2v) is 6.99. The Kier molecular flexibility index (Phi) is 6.74. The average Bonchev–Trinajstić information content (AvgIpc) is 2.76. The van der Waals surface area contributed by atoms with E-state index in [1.165, 1.54) is 31.4 Å². The summed E-state index contributed by atoms with van der Waals surface area (Å²) in [5.41, 5.74) is 1.97. The molecule has 0 amide bonds. The fourth-order valence-electron chi connectivity index (χ4n) is 3.05. The molecule has 8 heteroatoms. The van der Waals surface area contributed by atoms with Gasteiger partial charge in [0.05, 0.1) is 17.6 Å². The molecule has 8 nitrogen and oxygen atoms in total. The van der Waals surface area contributed by atoms with Gasteiger partial charge in [0.2, 0.25) is 0 Å². The molecule has 3 aromatic carbocycles. The van der Waals surface area contributed by atoms with Gasteiger partial charge in [0, 0.05) is 17.7 Å². The van der Waals surface area contributed by atoms with E-state index in [0.717, 1.165) is 11.6 Å². The Labute approximate surface area is 184 Å².